The van der Waals surface area contributed by atoms with Crippen molar-refractivity contribution in [1.82, 2.24) is 14.6 Å². The lowest BCUT2D eigenvalue weighted by molar-refractivity contribution is 0.0938. The number of benzene rings is 1. The molecule has 2 aliphatic rings. The van der Waals surface area contributed by atoms with E-state index in [0.29, 0.717) is 17.7 Å². The summed E-state index contributed by atoms with van der Waals surface area (Å²) in [6.45, 7) is 0.418. The fraction of sp³-hybridized carbons (Fsp3) is 0.294. The number of carbonyl (C=O) groups is 1. The topological polar surface area (TPSA) is 109 Å². The standard InChI is InChI=1S/C17H17N3O5S/c21-16-6-5-11(8-18-16)17(22)19-12-7-13-10-25-14-3-1-2-4-15(14)26(23,24)20(13)9-12/h1-6,8,12-13H,7,9-10H2,(H,18,21)(H,19,22)/t12-,13-/m0/s1. The van der Waals surface area contributed by atoms with Gasteiger partial charge < -0.3 is 15.0 Å². The number of pyridine rings is 1. The van der Waals surface area contributed by atoms with Gasteiger partial charge in [-0.25, -0.2) is 8.42 Å². The minimum absolute atomic E-state index is 0.148. The molecule has 1 aromatic carbocycles. The summed E-state index contributed by atoms with van der Waals surface area (Å²) in [6, 6.07) is 8.59. The molecule has 1 saturated heterocycles. The number of ether oxygens (including phenoxy) is 1. The van der Waals surface area contributed by atoms with Crippen molar-refractivity contribution in [2.45, 2.75) is 23.4 Å². The average Bonchev–Trinajstić information content (AvgIpc) is 3.00. The molecule has 9 heteroatoms. The molecule has 4 rings (SSSR count). The summed E-state index contributed by atoms with van der Waals surface area (Å²) >= 11 is 0. The number of aromatic amines is 1. The molecular formula is C17H17N3O5S. The molecule has 26 heavy (non-hydrogen) atoms. The average molecular weight is 375 g/mol. The second-order valence-electron chi connectivity index (χ2n) is 6.33. The maximum Gasteiger partial charge on any atom is 0.253 e. The van der Waals surface area contributed by atoms with E-state index in [9.17, 15) is 18.0 Å². The Balaban J connectivity index is 1.54. The number of nitrogens with zero attached hydrogens (tertiary/aromatic N) is 1. The number of hydrogen-bond acceptors (Lipinski definition) is 5. The first-order valence-electron chi connectivity index (χ1n) is 8.18. The molecule has 0 bridgehead atoms. The molecule has 3 heterocycles. The smallest absolute Gasteiger partial charge is 0.253 e. The number of sulfonamides is 1. The van der Waals surface area contributed by atoms with Crippen molar-refractivity contribution in [3.8, 4) is 5.75 Å². The van der Waals surface area contributed by atoms with Crippen LogP contribution in [0, 0.1) is 0 Å². The molecule has 2 N–H and O–H groups in total. The van der Waals surface area contributed by atoms with E-state index in [1.807, 2.05) is 0 Å². The zero-order chi connectivity index (χ0) is 18.3. The van der Waals surface area contributed by atoms with Gasteiger partial charge in [0.1, 0.15) is 17.3 Å². The molecule has 0 aliphatic carbocycles. The Kier molecular flexibility index (Phi) is 4.04. The molecule has 1 aromatic heterocycles. The van der Waals surface area contributed by atoms with Gasteiger partial charge in [-0.05, 0) is 24.6 Å². The first kappa shape index (κ1) is 16.8. The van der Waals surface area contributed by atoms with Crippen molar-refractivity contribution in [2.75, 3.05) is 13.2 Å². The van der Waals surface area contributed by atoms with Crippen molar-refractivity contribution in [1.29, 1.82) is 0 Å². The molecule has 2 aliphatic heterocycles. The highest BCUT2D eigenvalue weighted by atomic mass is 32.2. The van der Waals surface area contributed by atoms with Crippen molar-refractivity contribution in [3.63, 3.8) is 0 Å². The van der Waals surface area contributed by atoms with Gasteiger partial charge in [0, 0.05) is 24.8 Å². The largest absolute Gasteiger partial charge is 0.490 e. The first-order valence-corrected chi connectivity index (χ1v) is 9.62. The Morgan fingerprint density at radius 3 is 2.81 bits per heavy atom. The van der Waals surface area contributed by atoms with Crippen LogP contribution in [0.4, 0.5) is 0 Å². The number of para-hydroxylation sites is 1. The summed E-state index contributed by atoms with van der Waals surface area (Å²) in [6.07, 6.45) is 1.80. The van der Waals surface area contributed by atoms with Crippen molar-refractivity contribution in [2.24, 2.45) is 0 Å². The number of amides is 1. The lowest BCUT2D eigenvalue weighted by Gasteiger charge is -2.19. The number of fused-ring (bicyclic) bond motifs is 2. The molecule has 1 amide bonds. The summed E-state index contributed by atoms with van der Waals surface area (Å²) in [5, 5.41) is 2.83. The lowest BCUT2D eigenvalue weighted by Crippen LogP contribution is -2.39. The van der Waals surface area contributed by atoms with E-state index in [1.165, 1.54) is 28.7 Å². The van der Waals surface area contributed by atoms with Gasteiger partial charge in [0.05, 0.1) is 11.6 Å². The van der Waals surface area contributed by atoms with Crippen molar-refractivity contribution >= 4 is 15.9 Å². The summed E-state index contributed by atoms with van der Waals surface area (Å²) in [4.78, 5) is 26.0. The van der Waals surface area contributed by atoms with Crippen LogP contribution in [0.2, 0.25) is 0 Å². The van der Waals surface area contributed by atoms with Crippen LogP contribution in [0.1, 0.15) is 16.8 Å². The number of aromatic nitrogens is 1. The molecule has 2 aromatic rings. The molecule has 2 atom stereocenters. The fourth-order valence-electron chi connectivity index (χ4n) is 3.35. The molecular weight excluding hydrogens is 358 g/mol. The van der Waals surface area contributed by atoms with Crippen molar-refractivity contribution < 1.29 is 17.9 Å². The normalized spacial score (nSPS) is 24.0. The zero-order valence-electron chi connectivity index (χ0n) is 13.7. The fourth-order valence-corrected chi connectivity index (χ4v) is 5.15. The Morgan fingerprint density at radius 2 is 2.04 bits per heavy atom. The van der Waals surface area contributed by atoms with Gasteiger partial charge in [-0.1, -0.05) is 12.1 Å². The van der Waals surface area contributed by atoms with Gasteiger partial charge in [-0.3, -0.25) is 9.59 Å². The van der Waals surface area contributed by atoms with Crippen LogP contribution in [0.15, 0.2) is 52.3 Å². The second-order valence-corrected chi connectivity index (χ2v) is 8.19. The maximum absolute atomic E-state index is 12.9. The highest BCUT2D eigenvalue weighted by Gasteiger charge is 2.44. The SMILES string of the molecule is O=C(N[C@H]1C[C@H]2COc3ccccc3S(=O)(=O)N2C1)c1ccc(=O)[nH]c1. The lowest BCUT2D eigenvalue weighted by atomic mass is 10.1. The van der Waals surface area contributed by atoms with E-state index < -0.39 is 10.0 Å². The molecule has 0 unspecified atom stereocenters. The van der Waals surface area contributed by atoms with Gasteiger partial charge >= 0.3 is 0 Å². The van der Waals surface area contributed by atoms with Crippen LogP contribution in [-0.4, -0.2) is 48.8 Å². The van der Waals surface area contributed by atoms with Gasteiger partial charge in [0.15, 0.2) is 0 Å². The van der Waals surface area contributed by atoms with Crippen LogP contribution in [0.5, 0.6) is 5.75 Å². The predicted octanol–water partition coefficient (Wildman–Crippen LogP) is 0.329. The monoisotopic (exact) mass is 375 g/mol. The third kappa shape index (κ3) is 2.89. The summed E-state index contributed by atoms with van der Waals surface area (Å²) in [5.41, 5.74) is 0.0221. The van der Waals surface area contributed by atoms with Crippen LogP contribution in [0.25, 0.3) is 0 Å². The van der Waals surface area contributed by atoms with Gasteiger partial charge in [0.2, 0.25) is 15.6 Å². The molecule has 8 nitrogen and oxygen atoms in total. The number of hydrogen-bond donors (Lipinski definition) is 2. The molecule has 136 valence electrons. The highest BCUT2D eigenvalue weighted by molar-refractivity contribution is 7.89. The number of H-pyrrole nitrogens is 1. The predicted molar refractivity (Wildman–Crippen MR) is 92.6 cm³/mol. The van der Waals surface area contributed by atoms with Crippen LogP contribution < -0.4 is 15.6 Å². The highest BCUT2D eigenvalue weighted by Crippen LogP contribution is 2.35. The molecule has 0 saturated carbocycles. The van der Waals surface area contributed by atoms with Gasteiger partial charge in [0.25, 0.3) is 5.91 Å². The third-order valence-electron chi connectivity index (χ3n) is 4.61. The quantitative estimate of drug-likeness (QED) is 0.786. The van der Waals surface area contributed by atoms with E-state index in [2.05, 4.69) is 10.3 Å². The Morgan fingerprint density at radius 1 is 1.23 bits per heavy atom. The van der Waals surface area contributed by atoms with Crippen LogP contribution in [0.3, 0.4) is 0 Å². The number of carbonyl (C=O) groups excluding carboxylic acids is 1. The van der Waals surface area contributed by atoms with E-state index in [-0.39, 0.29) is 41.6 Å². The van der Waals surface area contributed by atoms with E-state index >= 15 is 0 Å². The maximum atomic E-state index is 12.9. The molecule has 0 spiro atoms. The third-order valence-corrected chi connectivity index (χ3v) is 6.57. The van der Waals surface area contributed by atoms with E-state index in [0.717, 1.165) is 0 Å². The zero-order valence-corrected chi connectivity index (χ0v) is 14.5. The number of rotatable bonds is 2. The summed E-state index contributed by atoms with van der Waals surface area (Å²) in [7, 11) is -3.69. The Hall–Kier alpha value is -2.65. The minimum Gasteiger partial charge on any atom is -0.490 e. The summed E-state index contributed by atoms with van der Waals surface area (Å²) in [5.74, 6) is -0.00153. The Bertz CT molecular complexity index is 997. The first-order chi connectivity index (χ1) is 12.4. The molecule has 1 fully saturated rings. The van der Waals surface area contributed by atoms with Gasteiger partial charge in [-0.15, -0.1) is 0 Å². The second kappa shape index (κ2) is 6.26. The minimum atomic E-state index is -3.69. The molecule has 0 radical (unpaired) electrons. The summed E-state index contributed by atoms with van der Waals surface area (Å²) < 4.78 is 33.0. The van der Waals surface area contributed by atoms with Crippen LogP contribution in [-0.2, 0) is 10.0 Å². The van der Waals surface area contributed by atoms with E-state index in [4.69, 9.17) is 4.74 Å². The Labute approximate surface area is 149 Å². The van der Waals surface area contributed by atoms with Gasteiger partial charge in [-0.2, -0.15) is 4.31 Å². The van der Waals surface area contributed by atoms with E-state index in [1.54, 1.807) is 18.2 Å². The van der Waals surface area contributed by atoms with Crippen LogP contribution >= 0.6 is 0 Å². The number of nitrogens with one attached hydrogen (secondary N) is 2. The van der Waals surface area contributed by atoms with Crippen molar-refractivity contribution in [3.05, 3.63) is 58.5 Å².